The number of hydrogen-bond donors (Lipinski definition) is 1. The summed E-state index contributed by atoms with van der Waals surface area (Å²) in [6.45, 7) is 0.864. The number of amides is 1. The molecule has 0 aromatic heterocycles. The smallest absolute Gasteiger partial charge is 0.223 e. The second-order valence-electron chi connectivity index (χ2n) is 4.98. The van der Waals surface area contributed by atoms with Crippen LogP contribution in [0.4, 0.5) is 0 Å². The van der Waals surface area contributed by atoms with Gasteiger partial charge in [0.2, 0.25) is 5.91 Å². The molecule has 1 aliphatic carbocycles. The van der Waals surface area contributed by atoms with E-state index < -0.39 is 0 Å². The van der Waals surface area contributed by atoms with Crippen LogP contribution in [0.1, 0.15) is 18.4 Å². The predicted octanol–water partition coefficient (Wildman–Crippen LogP) is 2.52. The molecule has 84 valence electrons. The Morgan fingerprint density at radius 2 is 2.38 bits per heavy atom. The van der Waals surface area contributed by atoms with E-state index in [1.54, 1.807) is 0 Å². The van der Waals surface area contributed by atoms with Crippen molar-refractivity contribution in [2.75, 3.05) is 6.54 Å². The number of carbonyl (C=O) groups is 1. The van der Waals surface area contributed by atoms with E-state index in [-0.39, 0.29) is 17.2 Å². The summed E-state index contributed by atoms with van der Waals surface area (Å²) in [5.41, 5.74) is 1.55. The van der Waals surface area contributed by atoms with Crippen LogP contribution >= 0.6 is 15.9 Å². The largest absolute Gasteiger partial charge is 0.355 e. The maximum Gasteiger partial charge on any atom is 0.223 e. The average molecular weight is 280 g/mol. The lowest BCUT2D eigenvalue weighted by Gasteiger charge is -2.42. The average Bonchev–Trinajstić information content (AvgIpc) is 2.41. The molecule has 2 nitrogen and oxygen atoms in total. The van der Waals surface area contributed by atoms with Crippen LogP contribution in [0.3, 0.4) is 0 Å². The minimum absolute atomic E-state index is 0.220. The molecular weight excluding hydrogens is 266 g/mol. The summed E-state index contributed by atoms with van der Waals surface area (Å²) in [5.74, 6) is 0.535. The lowest BCUT2D eigenvalue weighted by atomic mass is 9.59. The Hall–Kier alpha value is -0.830. The fourth-order valence-corrected chi connectivity index (χ4v) is 3.48. The quantitative estimate of drug-likeness (QED) is 0.886. The zero-order valence-corrected chi connectivity index (χ0v) is 10.6. The van der Waals surface area contributed by atoms with Gasteiger partial charge in [0.05, 0.1) is 0 Å². The third-order valence-corrected chi connectivity index (χ3v) is 4.54. The van der Waals surface area contributed by atoms with Crippen molar-refractivity contribution in [3.8, 4) is 0 Å². The molecule has 1 aromatic carbocycles. The van der Waals surface area contributed by atoms with Gasteiger partial charge < -0.3 is 5.32 Å². The highest BCUT2D eigenvalue weighted by Crippen LogP contribution is 2.51. The maximum atomic E-state index is 11.6. The molecule has 1 aliphatic heterocycles. The van der Waals surface area contributed by atoms with Crippen LogP contribution in [0.5, 0.6) is 0 Å². The summed E-state index contributed by atoms with van der Waals surface area (Å²) in [6.07, 6.45) is 3.28. The lowest BCUT2D eigenvalue weighted by molar-refractivity contribution is -0.127. The van der Waals surface area contributed by atoms with Gasteiger partial charge in [0.25, 0.3) is 0 Å². The highest BCUT2D eigenvalue weighted by atomic mass is 79.9. The molecule has 1 heterocycles. The number of hydrogen-bond acceptors (Lipinski definition) is 1. The van der Waals surface area contributed by atoms with Gasteiger partial charge in [-0.1, -0.05) is 28.1 Å². The van der Waals surface area contributed by atoms with Gasteiger partial charge in [-0.3, -0.25) is 4.79 Å². The molecule has 1 saturated carbocycles. The fourth-order valence-electron chi connectivity index (χ4n) is 3.03. The van der Waals surface area contributed by atoms with Gasteiger partial charge in [-0.05, 0) is 37.0 Å². The molecule has 2 atom stereocenters. The van der Waals surface area contributed by atoms with Gasteiger partial charge in [0.1, 0.15) is 0 Å². The van der Waals surface area contributed by atoms with Crippen LogP contribution in [0, 0.1) is 11.3 Å². The van der Waals surface area contributed by atoms with Crippen molar-refractivity contribution in [2.24, 2.45) is 11.3 Å². The summed E-state index contributed by atoms with van der Waals surface area (Å²) in [6, 6.07) is 8.41. The van der Waals surface area contributed by atoms with E-state index in [2.05, 4.69) is 39.4 Å². The zero-order valence-electron chi connectivity index (χ0n) is 9.00. The Labute approximate surface area is 104 Å². The number of carbonyl (C=O) groups excluding carboxylic acids is 1. The van der Waals surface area contributed by atoms with E-state index in [4.69, 9.17) is 0 Å². The van der Waals surface area contributed by atoms with E-state index >= 15 is 0 Å². The molecule has 0 radical (unpaired) electrons. The summed E-state index contributed by atoms with van der Waals surface area (Å²) >= 11 is 3.49. The second kappa shape index (κ2) is 3.59. The van der Waals surface area contributed by atoms with Crippen molar-refractivity contribution in [2.45, 2.75) is 19.3 Å². The standard InChI is InChI=1S/C13H14BrNO/c14-10-3-1-2-9(6-10)7-13-5-4-11(13)12(16)15-8-13/h1-3,6,11H,4-5,7-8H2,(H,15,16). The van der Waals surface area contributed by atoms with Crippen LogP contribution in [0.25, 0.3) is 0 Å². The molecule has 1 aromatic rings. The molecule has 1 N–H and O–H groups in total. The molecule has 0 bridgehead atoms. The molecule has 3 rings (SSSR count). The summed E-state index contributed by atoms with van der Waals surface area (Å²) in [7, 11) is 0. The van der Waals surface area contributed by atoms with E-state index in [1.807, 2.05) is 6.07 Å². The highest BCUT2D eigenvalue weighted by molar-refractivity contribution is 9.10. The van der Waals surface area contributed by atoms with Crippen molar-refractivity contribution < 1.29 is 4.79 Å². The van der Waals surface area contributed by atoms with Crippen molar-refractivity contribution in [3.05, 3.63) is 34.3 Å². The Morgan fingerprint density at radius 1 is 1.50 bits per heavy atom. The van der Waals surface area contributed by atoms with E-state index in [0.717, 1.165) is 23.9 Å². The first-order chi connectivity index (χ1) is 7.70. The van der Waals surface area contributed by atoms with Crippen LogP contribution < -0.4 is 5.32 Å². The number of halogens is 1. The van der Waals surface area contributed by atoms with Crippen LogP contribution in [-0.2, 0) is 11.2 Å². The molecular formula is C13H14BrNO. The van der Waals surface area contributed by atoms with Gasteiger partial charge >= 0.3 is 0 Å². The number of fused-ring (bicyclic) bond motifs is 1. The monoisotopic (exact) mass is 279 g/mol. The van der Waals surface area contributed by atoms with Crippen molar-refractivity contribution in [1.29, 1.82) is 0 Å². The first kappa shape index (κ1) is 10.3. The second-order valence-corrected chi connectivity index (χ2v) is 5.89. The lowest BCUT2D eigenvalue weighted by Crippen LogP contribution is -2.42. The Bertz CT molecular complexity index is 445. The summed E-state index contributed by atoms with van der Waals surface area (Å²) < 4.78 is 1.12. The number of nitrogens with one attached hydrogen (secondary N) is 1. The topological polar surface area (TPSA) is 29.1 Å². The molecule has 2 fully saturated rings. The van der Waals surface area contributed by atoms with Crippen LogP contribution in [0.2, 0.25) is 0 Å². The van der Waals surface area contributed by atoms with Gasteiger partial charge in [-0.15, -0.1) is 0 Å². The van der Waals surface area contributed by atoms with Crippen molar-refractivity contribution in [1.82, 2.24) is 5.32 Å². The van der Waals surface area contributed by atoms with Gasteiger partial charge in [-0.25, -0.2) is 0 Å². The SMILES string of the molecule is O=C1NCC2(Cc3cccc(Br)c3)CCC12. The van der Waals surface area contributed by atoms with Crippen molar-refractivity contribution >= 4 is 21.8 Å². The third kappa shape index (κ3) is 1.49. The van der Waals surface area contributed by atoms with Gasteiger partial charge in [0.15, 0.2) is 0 Å². The number of benzene rings is 1. The molecule has 1 amide bonds. The van der Waals surface area contributed by atoms with Crippen LogP contribution in [-0.4, -0.2) is 12.5 Å². The fraction of sp³-hybridized carbons (Fsp3) is 0.462. The molecule has 0 spiro atoms. The predicted molar refractivity (Wildman–Crippen MR) is 66.0 cm³/mol. The van der Waals surface area contributed by atoms with E-state index in [9.17, 15) is 4.79 Å². The molecule has 1 saturated heterocycles. The minimum Gasteiger partial charge on any atom is -0.355 e. The highest BCUT2D eigenvalue weighted by Gasteiger charge is 2.54. The third-order valence-electron chi connectivity index (χ3n) is 4.05. The molecule has 2 unspecified atom stereocenters. The number of rotatable bonds is 2. The molecule has 16 heavy (non-hydrogen) atoms. The first-order valence-electron chi connectivity index (χ1n) is 5.72. The normalized spacial score (nSPS) is 31.8. The zero-order chi connectivity index (χ0) is 11.2. The van der Waals surface area contributed by atoms with E-state index in [0.29, 0.717) is 0 Å². The van der Waals surface area contributed by atoms with Gasteiger partial charge in [0, 0.05) is 22.4 Å². The Morgan fingerprint density at radius 3 is 3.00 bits per heavy atom. The maximum absolute atomic E-state index is 11.6. The summed E-state index contributed by atoms with van der Waals surface area (Å²) in [5, 5.41) is 3.01. The Balaban J connectivity index is 1.83. The van der Waals surface area contributed by atoms with Crippen molar-refractivity contribution in [3.63, 3.8) is 0 Å². The van der Waals surface area contributed by atoms with Crippen LogP contribution in [0.15, 0.2) is 28.7 Å². The van der Waals surface area contributed by atoms with E-state index in [1.165, 1.54) is 12.0 Å². The Kier molecular flexibility index (Phi) is 2.32. The molecule has 3 heteroatoms. The van der Waals surface area contributed by atoms with Gasteiger partial charge in [-0.2, -0.15) is 0 Å². The summed E-state index contributed by atoms with van der Waals surface area (Å²) in [4.78, 5) is 11.6. The molecule has 2 aliphatic rings. The minimum atomic E-state index is 0.220. The first-order valence-corrected chi connectivity index (χ1v) is 6.51.